The van der Waals surface area contributed by atoms with E-state index in [1.165, 1.54) is 11.3 Å². The van der Waals surface area contributed by atoms with Gasteiger partial charge in [-0.3, -0.25) is 9.52 Å². The van der Waals surface area contributed by atoms with Gasteiger partial charge in [0.05, 0.1) is 9.77 Å². The molecule has 5 nitrogen and oxygen atoms in total. The number of aryl methyl sites for hydroxylation is 2. The second-order valence-corrected chi connectivity index (χ2v) is 9.78. The van der Waals surface area contributed by atoms with Crippen LogP contribution in [0.2, 0.25) is 0 Å². The van der Waals surface area contributed by atoms with Gasteiger partial charge >= 0.3 is 0 Å². The van der Waals surface area contributed by atoms with Crippen LogP contribution in [0.25, 0.3) is 0 Å². The Bertz CT molecular complexity index is 1170. The molecule has 0 saturated carbocycles. The number of anilines is 2. The number of amides is 1. The molecular formula is C22H22N2O3S2. The number of carbonyl (C=O) groups excluding carboxylic acids is 1. The third-order valence-electron chi connectivity index (χ3n) is 5.27. The summed E-state index contributed by atoms with van der Waals surface area (Å²) in [5, 5.41) is 1.89. The van der Waals surface area contributed by atoms with Gasteiger partial charge < -0.3 is 4.90 Å². The van der Waals surface area contributed by atoms with Gasteiger partial charge in [-0.1, -0.05) is 18.2 Å². The fraction of sp³-hybridized carbons (Fsp3) is 0.227. The number of carbonyl (C=O) groups is 1. The van der Waals surface area contributed by atoms with Crippen LogP contribution in [0.4, 0.5) is 11.4 Å². The number of nitrogens with one attached hydrogen (secondary N) is 1. The second kappa shape index (κ2) is 7.65. The molecule has 0 radical (unpaired) electrons. The number of thiophene rings is 1. The molecule has 1 N–H and O–H groups in total. The topological polar surface area (TPSA) is 66.5 Å². The van der Waals surface area contributed by atoms with Crippen molar-refractivity contribution in [2.45, 2.75) is 31.6 Å². The predicted molar refractivity (Wildman–Crippen MR) is 117 cm³/mol. The predicted octanol–water partition coefficient (Wildman–Crippen LogP) is 4.76. The molecule has 0 fully saturated rings. The summed E-state index contributed by atoms with van der Waals surface area (Å²) in [5.41, 5.74) is 4.01. The van der Waals surface area contributed by atoms with E-state index in [0.29, 0.717) is 17.1 Å². The molecule has 0 atom stereocenters. The molecule has 150 valence electrons. The highest BCUT2D eigenvalue weighted by Crippen LogP contribution is 2.32. The van der Waals surface area contributed by atoms with Gasteiger partial charge in [0, 0.05) is 17.9 Å². The normalized spacial score (nSPS) is 13.8. The van der Waals surface area contributed by atoms with E-state index in [0.717, 1.165) is 35.2 Å². The lowest BCUT2D eigenvalue weighted by molar-refractivity contribution is 0.0989. The molecular weight excluding hydrogens is 404 g/mol. The smallest absolute Gasteiger partial charge is 0.268 e. The zero-order valence-electron chi connectivity index (χ0n) is 16.3. The summed E-state index contributed by atoms with van der Waals surface area (Å²) in [6, 6.07) is 14.4. The van der Waals surface area contributed by atoms with E-state index in [2.05, 4.69) is 4.72 Å². The molecule has 2 heterocycles. The minimum atomic E-state index is -3.69. The number of nitrogens with zero attached hydrogens (tertiary/aromatic N) is 1. The Balaban J connectivity index is 1.63. The summed E-state index contributed by atoms with van der Waals surface area (Å²) in [4.78, 5) is 15.6. The first kappa shape index (κ1) is 19.7. The second-order valence-electron chi connectivity index (χ2n) is 7.18. The van der Waals surface area contributed by atoms with Crippen LogP contribution in [-0.4, -0.2) is 20.9 Å². The van der Waals surface area contributed by atoms with Crippen molar-refractivity contribution in [1.82, 2.24) is 0 Å². The minimum Gasteiger partial charge on any atom is -0.307 e. The Morgan fingerprint density at radius 2 is 1.93 bits per heavy atom. The quantitative estimate of drug-likeness (QED) is 0.654. The van der Waals surface area contributed by atoms with Gasteiger partial charge in [-0.2, -0.15) is 0 Å². The maximum absolute atomic E-state index is 12.9. The molecule has 0 spiro atoms. The summed E-state index contributed by atoms with van der Waals surface area (Å²) in [6.07, 6.45) is 1.65. The molecule has 4 rings (SSSR count). The van der Waals surface area contributed by atoms with Crippen molar-refractivity contribution in [1.29, 1.82) is 0 Å². The largest absolute Gasteiger partial charge is 0.307 e. The summed E-state index contributed by atoms with van der Waals surface area (Å²) < 4.78 is 28.5. The van der Waals surface area contributed by atoms with E-state index in [1.807, 2.05) is 49.6 Å². The van der Waals surface area contributed by atoms with Crippen LogP contribution < -0.4 is 9.62 Å². The number of sulfonamides is 1. The van der Waals surface area contributed by atoms with Crippen LogP contribution >= 0.6 is 11.3 Å². The van der Waals surface area contributed by atoms with Crippen molar-refractivity contribution in [3.05, 3.63) is 75.5 Å². The molecule has 3 aromatic rings. The highest BCUT2D eigenvalue weighted by molar-refractivity contribution is 7.92. The lowest BCUT2D eigenvalue weighted by Crippen LogP contribution is -2.35. The summed E-state index contributed by atoms with van der Waals surface area (Å²) in [6.45, 7) is 4.37. The summed E-state index contributed by atoms with van der Waals surface area (Å²) in [5.74, 6) is -0.00957. The average molecular weight is 427 g/mol. The van der Waals surface area contributed by atoms with Crippen LogP contribution in [0.5, 0.6) is 0 Å². The Morgan fingerprint density at radius 1 is 1.10 bits per heavy atom. The first-order chi connectivity index (χ1) is 13.9. The molecule has 1 amide bonds. The van der Waals surface area contributed by atoms with E-state index >= 15 is 0 Å². The molecule has 0 unspecified atom stereocenters. The average Bonchev–Trinajstić information content (AvgIpc) is 3.23. The van der Waals surface area contributed by atoms with E-state index < -0.39 is 10.0 Å². The van der Waals surface area contributed by atoms with Crippen molar-refractivity contribution in [2.24, 2.45) is 0 Å². The Morgan fingerprint density at radius 3 is 2.69 bits per heavy atom. The van der Waals surface area contributed by atoms with Crippen LogP contribution in [0.1, 0.15) is 32.8 Å². The fourth-order valence-electron chi connectivity index (χ4n) is 3.63. The number of benzene rings is 2. The van der Waals surface area contributed by atoms with Gasteiger partial charge in [0.2, 0.25) is 0 Å². The van der Waals surface area contributed by atoms with Crippen molar-refractivity contribution in [2.75, 3.05) is 16.2 Å². The summed E-state index contributed by atoms with van der Waals surface area (Å²) >= 11 is 1.43. The van der Waals surface area contributed by atoms with Gasteiger partial charge in [-0.25, -0.2) is 8.42 Å². The third kappa shape index (κ3) is 3.80. The molecule has 1 aromatic heterocycles. The molecule has 1 aliphatic rings. The number of hydrogen-bond donors (Lipinski definition) is 1. The molecule has 0 aliphatic carbocycles. The lowest BCUT2D eigenvalue weighted by Gasteiger charge is -2.29. The number of rotatable bonds is 4. The molecule has 0 bridgehead atoms. The first-order valence-corrected chi connectivity index (χ1v) is 11.8. The Hall–Kier alpha value is -2.64. The van der Waals surface area contributed by atoms with Crippen molar-refractivity contribution < 1.29 is 13.2 Å². The molecule has 1 aliphatic heterocycles. The van der Waals surface area contributed by atoms with Crippen LogP contribution in [-0.2, 0) is 16.4 Å². The van der Waals surface area contributed by atoms with E-state index in [4.69, 9.17) is 0 Å². The van der Waals surface area contributed by atoms with E-state index in [9.17, 15) is 13.2 Å². The zero-order valence-corrected chi connectivity index (χ0v) is 17.9. The highest BCUT2D eigenvalue weighted by Gasteiger charge is 2.25. The number of hydrogen-bond acceptors (Lipinski definition) is 4. The van der Waals surface area contributed by atoms with Gasteiger partial charge in [-0.15, -0.1) is 11.3 Å². The maximum Gasteiger partial charge on any atom is 0.268 e. The molecule has 0 saturated heterocycles. The van der Waals surface area contributed by atoms with E-state index in [1.54, 1.807) is 23.1 Å². The van der Waals surface area contributed by atoms with Crippen LogP contribution in [0.3, 0.4) is 0 Å². The van der Waals surface area contributed by atoms with Gasteiger partial charge in [0.15, 0.2) is 0 Å². The zero-order chi connectivity index (χ0) is 20.6. The van der Waals surface area contributed by atoms with Crippen molar-refractivity contribution >= 4 is 38.6 Å². The van der Waals surface area contributed by atoms with E-state index in [-0.39, 0.29) is 10.8 Å². The first-order valence-electron chi connectivity index (χ1n) is 9.44. The SMILES string of the molecule is Cc1cccc(S(=O)(=O)Nc2ccc3c(c2)CCCN3C(=O)c2cccs2)c1C. The molecule has 2 aromatic carbocycles. The molecule has 7 heteroatoms. The van der Waals surface area contributed by atoms with Crippen LogP contribution in [0.15, 0.2) is 58.8 Å². The fourth-order valence-corrected chi connectivity index (χ4v) is 5.67. The van der Waals surface area contributed by atoms with Crippen molar-refractivity contribution in [3.63, 3.8) is 0 Å². The third-order valence-corrected chi connectivity index (χ3v) is 7.66. The van der Waals surface area contributed by atoms with Gasteiger partial charge in [-0.05, 0) is 79.1 Å². The lowest BCUT2D eigenvalue weighted by atomic mass is 10.0. The molecule has 29 heavy (non-hydrogen) atoms. The summed E-state index contributed by atoms with van der Waals surface area (Å²) in [7, 11) is -3.69. The maximum atomic E-state index is 12.9. The van der Waals surface area contributed by atoms with Gasteiger partial charge in [0.25, 0.3) is 15.9 Å². The standard InChI is InChI=1S/C22H22N2O3S2/c1-15-6-3-9-21(16(15)2)29(26,27)23-18-10-11-19-17(14-18)7-4-12-24(19)22(25)20-8-5-13-28-20/h3,5-6,8-11,13-14,23H,4,7,12H2,1-2H3. The Labute approximate surface area is 175 Å². The number of fused-ring (bicyclic) bond motifs is 1. The monoisotopic (exact) mass is 426 g/mol. The van der Waals surface area contributed by atoms with Crippen molar-refractivity contribution in [3.8, 4) is 0 Å². The minimum absolute atomic E-state index is 0.00957. The highest BCUT2D eigenvalue weighted by atomic mass is 32.2. The van der Waals surface area contributed by atoms with Crippen LogP contribution in [0, 0.1) is 13.8 Å². The Kier molecular flexibility index (Phi) is 5.19. The van der Waals surface area contributed by atoms with Gasteiger partial charge in [0.1, 0.15) is 0 Å².